The van der Waals surface area contributed by atoms with Crippen molar-refractivity contribution < 1.29 is 23.9 Å². The fourth-order valence-electron chi connectivity index (χ4n) is 3.13. The molecule has 0 radical (unpaired) electrons. The molecule has 7 nitrogen and oxygen atoms in total. The van der Waals surface area contributed by atoms with Gasteiger partial charge < -0.3 is 10.1 Å². The summed E-state index contributed by atoms with van der Waals surface area (Å²) in [5.41, 5.74) is 2.08. The smallest absolute Gasteiger partial charge is 0.413 e. The molecule has 1 heterocycles. The molecule has 8 heteroatoms. The maximum atomic E-state index is 12.6. The topological polar surface area (TPSA) is 102 Å². The van der Waals surface area contributed by atoms with Gasteiger partial charge in [0, 0.05) is 16.0 Å². The number of aryl methyl sites for hydroxylation is 1. The number of hydrogen-bond acceptors (Lipinski definition) is 6. The summed E-state index contributed by atoms with van der Waals surface area (Å²) in [6.45, 7) is 1.46. The molecule has 0 fully saturated rings. The van der Waals surface area contributed by atoms with Gasteiger partial charge in [-0.05, 0) is 50.3 Å². The lowest BCUT2D eigenvalue weighted by Gasteiger charge is -2.12. The van der Waals surface area contributed by atoms with Crippen molar-refractivity contribution in [1.29, 1.82) is 0 Å². The van der Waals surface area contributed by atoms with Gasteiger partial charge in [0.1, 0.15) is 5.00 Å². The lowest BCUT2D eigenvalue weighted by atomic mass is 9.95. The van der Waals surface area contributed by atoms with E-state index in [1.54, 1.807) is 24.3 Å². The summed E-state index contributed by atoms with van der Waals surface area (Å²) in [7, 11) is 1.18. The van der Waals surface area contributed by atoms with Crippen LogP contribution in [0.15, 0.2) is 24.3 Å². The molecule has 1 aliphatic carbocycles. The Balaban J connectivity index is 1.89. The van der Waals surface area contributed by atoms with Crippen LogP contribution in [-0.2, 0) is 17.6 Å². The molecule has 2 aromatic rings. The normalized spacial score (nSPS) is 12.6. The van der Waals surface area contributed by atoms with Crippen molar-refractivity contribution in [2.75, 3.05) is 12.4 Å². The van der Waals surface area contributed by atoms with Crippen LogP contribution in [0.5, 0.6) is 0 Å². The van der Waals surface area contributed by atoms with Gasteiger partial charge in [0.25, 0.3) is 11.8 Å². The van der Waals surface area contributed by atoms with Gasteiger partial charge in [0.05, 0.1) is 12.7 Å². The number of methoxy groups -OCH3 is 1. The number of amides is 3. The number of carbonyl (C=O) groups is 4. The molecule has 0 spiro atoms. The number of thiophene rings is 1. The highest BCUT2D eigenvalue weighted by atomic mass is 32.1. The molecule has 0 unspecified atom stereocenters. The van der Waals surface area contributed by atoms with Crippen molar-refractivity contribution in [2.45, 2.75) is 32.6 Å². The van der Waals surface area contributed by atoms with Crippen LogP contribution in [0.2, 0.25) is 0 Å². The summed E-state index contributed by atoms with van der Waals surface area (Å²) in [6.07, 6.45) is 2.67. The van der Waals surface area contributed by atoms with Gasteiger partial charge in [0.2, 0.25) is 0 Å². The van der Waals surface area contributed by atoms with E-state index in [-0.39, 0.29) is 11.7 Å². The molecular formula is C20H20N2O5S. The van der Waals surface area contributed by atoms with Crippen molar-refractivity contribution in [2.24, 2.45) is 0 Å². The molecular weight excluding hydrogens is 380 g/mol. The first kappa shape index (κ1) is 19.8. The summed E-state index contributed by atoms with van der Waals surface area (Å²) >= 11 is 1.36. The average Bonchev–Trinajstić information content (AvgIpc) is 3.05. The Kier molecular flexibility index (Phi) is 5.89. The van der Waals surface area contributed by atoms with Crippen LogP contribution in [0, 0.1) is 0 Å². The molecule has 3 rings (SSSR count). The van der Waals surface area contributed by atoms with Gasteiger partial charge in [-0.15, -0.1) is 11.3 Å². The molecule has 28 heavy (non-hydrogen) atoms. The van der Waals surface area contributed by atoms with Gasteiger partial charge in [0.15, 0.2) is 5.78 Å². The minimum Gasteiger partial charge on any atom is -0.453 e. The third kappa shape index (κ3) is 4.12. The lowest BCUT2D eigenvalue weighted by Crippen LogP contribution is -2.31. The number of imide groups is 1. The van der Waals surface area contributed by atoms with Crippen molar-refractivity contribution in [1.82, 2.24) is 5.32 Å². The Labute approximate surface area is 166 Å². The fourth-order valence-corrected chi connectivity index (χ4v) is 4.41. The number of anilines is 1. The van der Waals surface area contributed by atoms with E-state index in [0.29, 0.717) is 21.7 Å². The Hall–Kier alpha value is -3.00. The number of nitrogens with one attached hydrogen (secondary N) is 2. The van der Waals surface area contributed by atoms with E-state index >= 15 is 0 Å². The molecule has 1 aromatic heterocycles. The van der Waals surface area contributed by atoms with Crippen molar-refractivity contribution in [3.05, 3.63) is 51.4 Å². The summed E-state index contributed by atoms with van der Waals surface area (Å²) in [5, 5.41) is 5.37. The average molecular weight is 400 g/mol. The second kappa shape index (κ2) is 8.35. The highest BCUT2D eigenvalue weighted by Gasteiger charge is 2.27. The van der Waals surface area contributed by atoms with Crippen LogP contribution in [0.25, 0.3) is 0 Å². The number of hydrogen-bond donors (Lipinski definition) is 2. The number of ether oxygens (including phenoxy) is 1. The Morgan fingerprint density at radius 2 is 1.61 bits per heavy atom. The number of alkyl carbamates (subject to hydrolysis) is 1. The number of benzene rings is 1. The predicted octanol–water partition coefficient (Wildman–Crippen LogP) is 3.58. The van der Waals surface area contributed by atoms with E-state index in [0.717, 1.165) is 36.1 Å². The zero-order valence-corrected chi connectivity index (χ0v) is 16.4. The van der Waals surface area contributed by atoms with E-state index in [2.05, 4.69) is 15.4 Å². The van der Waals surface area contributed by atoms with Crippen LogP contribution in [0.1, 0.15) is 61.3 Å². The van der Waals surface area contributed by atoms with Gasteiger partial charge >= 0.3 is 6.09 Å². The molecule has 0 saturated carbocycles. The predicted molar refractivity (Wildman–Crippen MR) is 105 cm³/mol. The molecule has 1 aliphatic rings. The zero-order chi connectivity index (χ0) is 20.3. The maximum Gasteiger partial charge on any atom is 0.413 e. The Morgan fingerprint density at radius 3 is 2.25 bits per heavy atom. The van der Waals surface area contributed by atoms with Gasteiger partial charge in [-0.2, -0.15) is 0 Å². The van der Waals surface area contributed by atoms with E-state index in [4.69, 9.17) is 0 Å². The second-order valence-electron chi connectivity index (χ2n) is 6.45. The number of ketones is 1. The van der Waals surface area contributed by atoms with Crippen molar-refractivity contribution in [3.8, 4) is 0 Å². The molecule has 0 atom stereocenters. The highest BCUT2D eigenvalue weighted by Crippen LogP contribution is 2.38. The van der Waals surface area contributed by atoms with Crippen LogP contribution >= 0.6 is 11.3 Å². The van der Waals surface area contributed by atoms with E-state index in [9.17, 15) is 19.2 Å². The van der Waals surface area contributed by atoms with Crippen molar-refractivity contribution in [3.63, 3.8) is 0 Å². The SMILES string of the molecule is COC(=O)NC(=O)c1c(NC(=O)c2ccc(C(C)=O)cc2)sc2c1CCCC2. The molecule has 3 amide bonds. The van der Waals surface area contributed by atoms with Crippen LogP contribution in [0.4, 0.5) is 9.80 Å². The van der Waals surface area contributed by atoms with E-state index < -0.39 is 12.0 Å². The molecule has 146 valence electrons. The summed E-state index contributed by atoms with van der Waals surface area (Å²) in [4.78, 5) is 49.1. The molecule has 1 aromatic carbocycles. The monoisotopic (exact) mass is 400 g/mol. The number of rotatable bonds is 4. The first-order valence-corrected chi connectivity index (χ1v) is 9.68. The maximum absolute atomic E-state index is 12.6. The summed E-state index contributed by atoms with van der Waals surface area (Å²) in [5.74, 6) is -1.06. The van der Waals surface area contributed by atoms with Gasteiger partial charge in [-0.25, -0.2) is 4.79 Å². The highest BCUT2D eigenvalue weighted by molar-refractivity contribution is 7.17. The molecule has 0 saturated heterocycles. The second-order valence-corrected chi connectivity index (χ2v) is 7.55. The van der Waals surface area contributed by atoms with Crippen LogP contribution in [-0.4, -0.2) is 30.8 Å². The van der Waals surface area contributed by atoms with E-state index in [1.165, 1.54) is 25.4 Å². The van der Waals surface area contributed by atoms with Crippen LogP contribution in [0.3, 0.4) is 0 Å². The van der Waals surface area contributed by atoms with Gasteiger partial charge in [-0.1, -0.05) is 12.1 Å². The zero-order valence-electron chi connectivity index (χ0n) is 15.6. The van der Waals surface area contributed by atoms with Gasteiger partial charge in [-0.3, -0.25) is 19.7 Å². The minimum atomic E-state index is -0.849. The van der Waals surface area contributed by atoms with Crippen molar-refractivity contribution >= 4 is 40.0 Å². The minimum absolute atomic E-state index is 0.0837. The first-order valence-electron chi connectivity index (χ1n) is 8.87. The Bertz CT molecular complexity index is 946. The number of Topliss-reactive ketones (excluding diaryl/α,β-unsaturated/α-hetero) is 1. The first-order chi connectivity index (χ1) is 13.4. The third-order valence-corrected chi connectivity index (χ3v) is 5.79. The standard InChI is InChI=1S/C20H20N2O5S/c1-11(23)12-7-9-13(10-8-12)17(24)21-19-16(18(25)22-20(26)27-2)14-5-3-4-6-15(14)28-19/h7-10H,3-6H2,1-2H3,(H,21,24)(H,22,25,26). The molecule has 2 N–H and O–H groups in total. The number of carbonyl (C=O) groups excluding carboxylic acids is 4. The molecule has 0 aliphatic heterocycles. The summed E-state index contributed by atoms with van der Waals surface area (Å²) in [6, 6.07) is 6.30. The fraction of sp³-hybridized carbons (Fsp3) is 0.300. The largest absolute Gasteiger partial charge is 0.453 e. The van der Waals surface area contributed by atoms with E-state index in [1.807, 2.05) is 0 Å². The molecule has 0 bridgehead atoms. The van der Waals surface area contributed by atoms with Crippen LogP contribution < -0.4 is 10.6 Å². The Morgan fingerprint density at radius 1 is 0.964 bits per heavy atom. The quantitative estimate of drug-likeness (QED) is 0.764. The third-order valence-electron chi connectivity index (χ3n) is 4.58. The number of fused-ring (bicyclic) bond motifs is 1. The lowest BCUT2D eigenvalue weighted by molar-refractivity contribution is 0.0935. The summed E-state index contributed by atoms with van der Waals surface area (Å²) < 4.78 is 4.50.